The highest BCUT2D eigenvalue weighted by Gasteiger charge is 2.01. The van der Waals surface area contributed by atoms with E-state index in [0.717, 1.165) is 4.21 Å². The minimum atomic E-state index is -0.320. The summed E-state index contributed by atoms with van der Waals surface area (Å²) >= 11 is 2.86. The summed E-state index contributed by atoms with van der Waals surface area (Å²) in [6.45, 7) is 1.99. The van der Waals surface area contributed by atoms with E-state index in [2.05, 4.69) is 0 Å². The Balaban J connectivity index is 2.45. The van der Waals surface area contributed by atoms with Crippen molar-refractivity contribution < 1.29 is 4.92 Å². The van der Waals surface area contributed by atoms with Crippen LogP contribution in [0.2, 0.25) is 0 Å². The number of hydrogen-bond acceptors (Lipinski definition) is 4. The summed E-state index contributed by atoms with van der Waals surface area (Å²) in [7, 11) is 0. The Morgan fingerprint density at radius 1 is 1.73 bits per heavy atom. The molecule has 0 atom stereocenters. The predicted octanol–water partition coefficient (Wildman–Crippen LogP) is 2.38. The second-order valence-electron chi connectivity index (χ2n) is 1.97. The number of rotatable bonds is 3. The minimum absolute atomic E-state index is 0.0417. The van der Waals surface area contributed by atoms with Crippen LogP contribution in [-0.4, -0.2) is 10.8 Å². The number of thioether (sulfide) groups is 1. The van der Waals surface area contributed by atoms with Crippen LogP contribution in [0.3, 0.4) is 0 Å². The Morgan fingerprint density at radius 2 is 2.45 bits per heavy atom. The van der Waals surface area contributed by atoms with Gasteiger partial charge in [-0.15, -0.1) is 11.3 Å². The lowest BCUT2D eigenvalue weighted by Crippen LogP contribution is -1.93. The van der Waals surface area contributed by atoms with E-state index < -0.39 is 0 Å². The predicted molar refractivity (Wildman–Crippen MR) is 46.8 cm³/mol. The monoisotopic (exact) mass is 189 g/mol. The number of nitro groups is 1. The van der Waals surface area contributed by atoms with Gasteiger partial charge in [-0.3, -0.25) is 10.1 Å². The van der Waals surface area contributed by atoms with Crippen LogP contribution in [0, 0.1) is 17.0 Å². The number of hydrogen-bond donors (Lipinski definition) is 0. The molecule has 11 heavy (non-hydrogen) atoms. The largest absolute Gasteiger partial charge is 0.264 e. The molecular formula is C6H7NO2S2. The molecule has 1 heterocycles. The molecule has 0 unspecified atom stereocenters. The summed E-state index contributed by atoms with van der Waals surface area (Å²) in [5, 5.41) is 9.97. The summed E-state index contributed by atoms with van der Waals surface area (Å²) in [6.07, 6.45) is 0. The molecule has 0 saturated heterocycles. The van der Waals surface area contributed by atoms with E-state index in [1.54, 1.807) is 11.3 Å². The van der Waals surface area contributed by atoms with E-state index in [0.29, 0.717) is 0 Å². The molecule has 1 aromatic heterocycles. The van der Waals surface area contributed by atoms with E-state index in [1.165, 1.54) is 16.6 Å². The lowest BCUT2D eigenvalue weighted by Gasteiger charge is -1.88. The van der Waals surface area contributed by atoms with Crippen LogP contribution in [0.25, 0.3) is 0 Å². The van der Waals surface area contributed by atoms with Crippen LogP contribution in [0.4, 0.5) is 0 Å². The molecule has 5 heteroatoms. The molecule has 0 fully saturated rings. The SMILES string of the molecule is Cc1ccc(SC[N+](=O)[O-])s1. The Kier molecular flexibility index (Phi) is 2.90. The van der Waals surface area contributed by atoms with Crippen LogP contribution >= 0.6 is 23.1 Å². The highest BCUT2D eigenvalue weighted by atomic mass is 32.2. The molecular weight excluding hydrogens is 182 g/mol. The first-order chi connectivity index (χ1) is 5.18. The molecule has 0 saturated carbocycles. The van der Waals surface area contributed by atoms with Gasteiger partial charge in [0.15, 0.2) is 0 Å². The molecule has 3 nitrogen and oxygen atoms in total. The summed E-state index contributed by atoms with van der Waals surface area (Å²) < 4.78 is 1.01. The van der Waals surface area contributed by atoms with Gasteiger partial charge < -0.3 is 0 Å². The molecule has 0 aliphatic carbocycles. The molecule has 0 spiro atoms. The van der Waals surface area contributed by atoms with Crippen molar-refractivity contribution in [2.75, 3.05) is 5.88 Å². The van der Waals surface area contributed by atoms with E-state index in [-0.39, 0.29) is 10.8 Å². The molecule has 0 N–H and O–H groups in total. The maximum absolute atomic E-state index is 9.97. The van der Waals surface area contributed by atoms with E-state index >= 15 is 0 Å². The highest BCUT2D eigenvalue weighted by molar-refractivity contribution is 8.00. The molecule has 0 aliphatic rings. The molecule has 0 aromatic carbocycles. The van der Waals surface area contributed by atoms with Crippen molar-refractivity contribution >= 4 is 23.1 Å². The van der Waals surface area contributed by atoms with Crippen molar-refractivity contribution in [2.24, 2.45) is 0 Å². The van der Waals surface area contributed by atoms with Crippen molar-refractivity contribution in [1.29, 1.82) is 0 Å². The van der Waals surface area contributed by atoms with Crippen molar-refractivity contribution in [1.82, 2.24) is 0 Å². The second-order valence-corrected chi connectivity index (χ2v) is 4.50. The van der Waals surface area contributed by atoms with Gasteiger partial charge in [-0.2, -0.15) is 0 Å². The van der Waals surface area contributed by atoms with Crippen LogP contribution in [0.15, 0.2) is 16.3 Å². The minimum Gasteiger partial charge on any atom is -0.264 e. The Hall–Kier alpha value is -0.550. The molecule has 1 rings (SSSR count). The van der Waals surface area contributed by atoms with Gasteiger partial charge in [-0.25, -0.2) is 0 Å². The zero-order valence-corrected chi connectivity index (χ0v) is 7.58. The zero-order valence-electron chi connectivity index (χ0n) is 5.94. The Labute approximate surface area is 72.6 Å². The maximum Gasteiger partial charge on any atom is 0.254 e. The van der Waals surface area contributed by atoms with Crippen LogP contribution in [-0.2, 0) is 0 Å². The first-order valence-electron chi connectivity index (χ1n) is 2.99. The lowest BCUT2D eigenvalue weighted by atomic mass is 10.5. The first kappa shape index (κ1) is 8.55. The summed E-state index contributed by atoms with van der Waals surface area (Å²) in [5.74, 6) is -0.0417. The third-order valence-electron chi connectivity index (χ3n) is 1.03. The molecule has 0 radical (unpaired) electrons. The Morgan fingerprint density at radius 3 is 2.91 bits per heavy atom. The number of aryl methyl sites for hydroxylation is 1. The second kappa shape index (κ2) is 3.73. The van der Waals surface area contributed by atoms with Gasteiger partial charge in [0.25, 0.3) is 5.88 Å². The standard InChI is InChI=1S/C6H7NO2S2/c1-5-2-3-6(11-5)10-4-7(8)9/h2-3H,4H2,1H3. The molecule has 0 amide bonds. The van der Waals surface area contributed by atoms with Gasteiger partial charge in [-0.1, -0.05) is 0 Å². The van der Waals surface area contributed by atoms with Gasteiger partial charge in [0.05, 0.1) is 4.21 Å². The van der Waals surface area contributed by atoms with E-state index in [1.807, 2.05) is 19.1 Å². The quantitative estimate of drug-likeness (QED) is 0.317. The summed E-state index contributed by atoms with van der Waals surface area (Å²) in [6, 6.07) is 3.88. The fourth-order valence-corrected chi connectivity index (χ4v) is 2.38. The van der Waals surface area contributed by atoms with Crippen LogP contribution in [0.1, 0.15) is 4.88 Å². The first-order valence-corrected chi connectivity index (χ1v) is 4.80. The van der Waals surface area contributed by atoms with E-state index in [9.17, 15) is 10.1 Å². The highest BCUT2D eigenvalue weighted by Crippen LogP contribution is 2.26. The summed E-state index contributed by atoms with van der Waals surface area (Å²) in [4.78, 5) is 10.8. The van der Waals surface area contributed by atoms with Crippen molar-refractivity contribution in [3.8, 4) is 0 Å². The molecule has 60 valence electrons. The summed E-state index contributed by atoms with van der Waals surface area (Å²) in [5.41, 5.74) is 0. The average Bonchev–Trinajstić information content (AvgIpc) is 2.31. The normalized spacial score (nSPS) is 9.91. The van der Waals surface area contributed by atoms with Gasteiger partial charge in [0, 0.05) is 9.80 Å². The Bertz CT molecular complexity index is 259. The third-order valence-corrected chi connectivity index (χ3v) is 3.19. The lowest BCUT2D eigenvalue weighted by molar-refractivity contribution is -0.456. The van der Waals surface area contributed by atoms with Crippen molar-refractivity contribution in [3.63, 3.8) is 0 Å². The van der Waals surface area contributed by atoms with Crippen molar-refractivity contribution in [2.45, 2.75) is 11.1 Å². The number of thiophene rings is 1. The van der Waals surface area contributed by atoms with Crippen molar-refractivity contribution in [3.05, 3.63) is 27.1 Å². The molecule has 0 aliphatic heterocycles. The smallest absolute Gasteiger partial charge is 0.254 e. The third kappa shape index (κ3) is 2.90. The van der Waals surface area contributed by atoms with Gasteiger partial charge in [0.1, 0.15) is 0 Å². The average molecular weight is 189 g/mol. The fourth-order valence-electron chi connectivity index (χ4n) is 0.606. The fraction of sp³-hybridized carbons (Fsp3) is 0.333. The van der Waals surface area contributed by atoms with Gasteiger partial charge >= 0.3 is 0 Å². The zero-order chi connectivity index (χ0) is 8.27. The van der Waals surface area contributed by atoms with Crippen LogP contribution in [0.5, 0.6) is 0 Å². The molecule has 1 aromatic rings. The van der Waals surface area contributed by atoms with E-state index in [4.69, 9.17) is 0 Å². The maximum atomic E-state index is 9.97. The van der Waals surface area contributed by atoms with Gasteiger partial charge in [-0.05, 0) is 30.8 Å². The topological polar surface area (TPSA) is 43.1 Å². The van der Waals surface area contributed by atoms with Crippen LogP contribution < -0.4 is 0 Å². The van der Waals surface area contributed by atoms with Gasteiger partial charge in [0.2, 0.25) is 0 Å². The number of nitrogens with zero attached hydrogens (tertiary/aromatic N) is 1. The molecule has 0 bridgehead atoms.